The first-order valence-corrected chi connectivity index (χ1v) is 11.2. The standard InChI is InChI=1S/C27H23F2N5O/c1-16-25-23(33-27(30)32-16)12-18(13-24(25)34-35-15-17-6-3-2-4-7-17)20-10-9-19(28)14-22(20)21-8-5-11-31-26(21)29/h2-11,13-14,18,34H,12,15H2,1H3,(H2,30,32,33). The van der Waals surface area contributed by atoms with Crippen molar-refractivity contribution in [3.05, 3.63) is 113 Å². The Morgan fingerprint density at radius 2 is 1.86 bits per heavy atom. The van der Waals surface area contributed by atoms with Gasteiger partial charge in [-0.2, -0.15) is 4.39 Å². The Hall–Kier alpha value is -4.17. The quantitative estimate of drug-likeness (QED) is 0.300. The number of hydroxylamine groups is 1. The predicted molar refractivity (Wildman–Crippen MR) is 130 cm³/mol. The number of allylic oxidation sites excluding steroid dienone is 1. The summed E-state index contributed by atoms with van der Waals surface area (Å²) in [6.45, 7) is 2.20. The SMILES string of the molecule is Cc1nc(N)nc2c1C(NOCc1ccccc1)=CC(c1ccc(F)cc1-c1cccnc1F)C2. The summed E-state index contributed by atoms with van der Waals surface area (Å²) in [6.07, 6.45) is 3.82. The number of fused-ring (bicyclic) bond motifs is 1. The summed E-state index contributed by atoms with van der Waals surface area (Å²) in [5, 5.41) is 0. The largest absolute Gasteiger partial charge is 0.368 e. The Labute approximate surface area is 201 Å². The fourth-order valence-corrected chi connectivity index (χ4v) is 4.43. The van der Waals surface area contributed by atoms with Gasteiger partial charge in [-0.05, 0) is 47.9 Å². The monoisotopic (exact) mass is 471 g/mol. The van der Waals surface area contributed by atoms with Gasteiger partial charge in [-0.3, -0.25) is 10.3 Å². The highest BCUT2D eigenvalue weighted by Crippen LogP contribution is 2.39. The molecule has 2 heterocycles. The van der Waals surface area contributed by atoms with E-state index in [1.807, 2.05) is 43.3 Å². The van der Waals surface area contributed by atoms with E-state index in [1.54, 1.807) is 18.2 Å². The molecule has 4 aromatic rings. The molecule has 0 aliphatic heterocycles. The molecule has 0 amide bonds. The Balaban J connectivity index is 1.55. The van der Waals surface area contributed by atoms with Crippen LogP contribution >= 0.6 is 0 Å². The van der Waals surface area contributed by atoms with Crippen molar-refractivity contribution in [3.63, 3.8) is 0 Å². The fraction of sp³-hybridized carbons (Fsp3) is 0.148. The molecular formula is C27H23F2N5O. The molecule has 0 radical (unpaired) electrons. The van der Waals surface area contributed by atoms with E-state index in [1.165, 1.54) is 18.3 Å². The predicted octanol–water partition coefficient (Wildman–Crippen LogP) is 5.11. The van der Waals surface area contributed by atoms with Crippen LogP contribution in [0.4, 0.5) is 14.7 Å². The van der Waals surface area contributed by atoms with Crippen molar-refractivity contribution in [1.29, 1.82) is 0 Å². The van der Waals surface area contributed by atoms with E-state index in [2.05, 4.69) is 20.4 Å². The first-order valence-electron chi connectivity index (χ1n) is 11.2. The van der Waals surface area contributed by atoms with Gasteiger partial charge in [0.1, 0.15) is 5.82 Å². The first kappa shape index (κ1) is 22.6. The van der Waals surface area contributed by atoms with E-state index in [9.17, 15) is 8.78 Å². The minimum absolute atomic E-state index is 0.170. The van der Waals surface area contributed by atoms with Crippen molar-refractivity contribution in [1.82, 2.24) is 20.4 Å². The van der Waals surface area contributed by atoms with Crippen molar-refractivity contribution >= 4 is 11.6 Å². The van der Waals surface area contributed by atoms with Gasteiger partial charge in [0.05, 0.1) is 23.7 Å². The number of aromatic nitrogens is 3. The number of nitrogen functional groups attached to an aromatic ring is 1. The number of nitrogens with zero attached hydrogens (tertiary/aromatic N) is 3. The topological polar surface area (TPSA) is 86.0 Å². The van der Waals surface area contributed by atoms with Crippen LogP contribution in [0, 0.1) is 18.7 Å². The Morgan fingerprint density at radius 1 is 1.03 bits per heavy atom. The van der Waals surface area contributed by atoms with Crippen LogP contribution < -0.4 is 11.2 Å². The smallest absolute Gasteiger partial charge is 0.220 e. The van der Waals surface area contributed by atoms with Crippen LogP contribution in [0.15, 0.2) is 72.9 Å². The minimum atomic E-state index is -0.661. The molecule has 1 unspecified atom stereocenters. The van der Waals surface area contributed by atoms with Crippen molar-refractivity contribution < 1.29 is 13.6 Å². The molecule has 2 aromatic carbocycles. The van der Waals surface area contributed by atoms with Crippen molar-refractivity contribution in [2.24, 2.45) is 0 Å². The fourth-order valence-electron chi connectivity index (χ4n) is 4.43. The van der Waals surface area contributed by atoms with Gasteiger partial charge in [0, 0.05) is 29.7 Å². The lowest BCUT2D eigenvalue weighted by Gasteiger charge is -2.27. The van der Waals surface area contributed by atoms with Crippen LogP contribution in [-0.4, -0.2) is 15.0 Å². The van der Waals surface area contributed by atoms with Crippen molar-refractivity contribution in [2.45, 2.75) is 25.9 Å². The van der Waals surface area contributed by atoms with E-state index < -0.39 is 11.8 Å². The highest BCUT2D eigenvalue weighted by molar-refractivity contribution is 5.74. The molecular weight excluding hydrogens is 448 g/mol. The minimum Gasteiger partial charge on any atom is -0.368 e. The van der Waals surface area contributed by atoms with Crippen molar-refractivity contribution in [3.8, 4) is 11.1 Å². The number of benzene rings is 2. The number of rotatable bonds is 6. The van der Waals surface area contributed by atoms with Gasteiger partial charge < -0.3 is 5.73 Å². The summed E-state index contributed by atoms with van der Waals surface area (Å²) in [7, 11) is 0. The highest BCUT2D eigenvalue weighted by Gasteiger charge is 2.27. The molecule has 35 heavy (non-hydrogen) atoms. The summed E-state index contributed by atoms with van der Waals surface area (Å²) in [5.41, 5.74) is 14.3. The van der Waals surface area contributed by atoms with Gasteiger partial charge in [0.25, 0.3) is 0 Å². The number of pyridine rings is 1. The van der Waals surface area contributed by atoms with Crippen LogP contribution in [0.25, 0.3) is 16.8 Å². The number of aryl methyl sites for hydroxylation is 1. The summed E-state index contributed by atoms with van der Waals surface area (Å²) in [6, 6.07) is 17.4. The Bertz CT molecular complexity index is 1410. The van der Waals surface area contributed by atoms with Crippen LogP contribution in [0.5, 0.6) is 0 Å². The van der Waals surface area contributed by atoms with Gasteiger partial charge in [-0.1, -0.05) is 42.5 Å². The maximum absolute atomic E-state index is 14.6. The molecule has 3 N–H and O–H groups in total. The average Bonchev–Trinajstić information content (AvgIpc) is 2.84. The second-order valence-electron chi connectivity index (χ2n) is 8.33. The van der Waals surface area contributed by atoms with Gasteiger partial charge in [0.15, 0.2) is 0 Å². The average molecular weight is 472 g/mol. The maximum atomic E-state index is 14.6. The number of anilines is 1. The van der Waals surface area contributed by atoms with Crippen LogP contribution in [-0.2, 0) is 17.9 Å². The molecule has 1 atom stereocenters. The molecule has 6 nitrogen and oxygen atoms in total. The molecule has 1 aliphatic carbocycles. The van der Waals surface area contributed by atoms with E-state index in [4.69, 9.17) is 10.6 Å². The Morgan fingerprint density at radius 3 is 2.66 bits per heavy atom. The molecule has 1 aliphatic rings. The van der Waals surface area contributed by atoms with Gasteiger partial charge in [0.2, 0.25) is 11.9 Å². The van der Waals surface area contributed by atoms with Gasteiger partial charge in [-0.15, -0.1) is 0 Å². The molecule has 176 valence electrons. The van der Waals surface area contributed by atoms with Crippen LogP contribution in [0.3, 0.4) is 0 Å². The lowest BCUT2D eigenvalue weighted by atomic mass is 9.82. The molecule has 2 aromatic heterocycles. The number of hydrogen-bond acceptors (Lipinski definition) is 6. The summed E-state index contributed by atoms with van der Waals surface area (Å²) >= 11 is 0. The van der Waals surface area contributed by atoms with E-state index >= 15 is 0 Å². The van der Waals surface area contributed by atoms with Crippen molar-refractivity contribution in [2.75, 3.05) is 5.73 Å². The summed E-state index contributed by atoms with van der Waals surface area (Å²) in [5.74, 6) is -1.20. The summed E-state index contributed by atoms with van der Waals surface area (Å²) in [4.78, 5) is 18.3. The van der Waals surface area contributed by atoms with Gasteiger partial charge >= 0.3 is 0 Å². The zero-order valence-corrected chi connectivity index (χ0v) is 19.0. The molecule has 0 bridgehead atoms. The maximum Gasteiger partial charge on any atom is 0.220 e. The zero-order chi connectivity index (χ0) is 24.4. The second kappa shape index (κ2) is 9.60. The molecule has 5 rings (SSSR count). The summed E-state index contributed by atoms with van der Waals surface area (Å²) < 4.78 is 28.8. The number of hydrogen-bond donors (Lipinski definition) is 2. The molecule has 0 saturated heterocycles. The highest BCUT2D eigenvalue weighted by atomic mass is 19.1. The van der Waals surface area contributed by atoms with Gasteiger partial charge in [-0.25, -0.2) is 19.3 Å². The van der Waals surface area contributed by atoms with Crippen LogP contribution in [0.2, 0.25) is 0 Å². The molecule has 0 spiro atoms. The van der Waals surface area contributed by atoms with E-state index in [0.29, 0.717) is 30.0 Å². The normalized spacial score (nSPS) is 14.8. The lowest BCUT2D eigenvalue weighted by molar-refractivity contribution is 0.0641. The molecule has 0 saturated carbocycles. The third-order valence-corrected chi connectivity index (χ3v) is 5.96. The molecule has 8 heteroatoms. The molecule has 0 fully saturated rings. The lowest BCUT2D eigenvalue weighted by Crippen LogP contribution is -2.23. The Kier molecular flexibility index (Phi) is 6.20. The third kappa shape index (κ3) is 4.74. The number of halogens is 2. The number of nitrogens with two attached hydrogens (primary N) is 1. The van der Waals surface area contributed by atoms with Crippen LogP contribution in [0.1, 0.15) is 34.0 Å². The third-order valence-electron chi connectivity index (χ3n) is 5.96. The first-order chi connectivity index (χ1) is 17.0. The van der Waals surface area contributed by atoms with E-state index in [-0.39, 0.29) is 17.4 Å². The van der Waals surface area contributed by atoms with E-state index in [0.717, 1.165) is 22.4 Å². The number of nitrogens with one attached hydrogen (secondary N) is 1. The second-order valence-corrected chi connectivity index (χ2v) is 8.33. The zero-order valence-electron chi connectivity index (χ0n) is 19.0.